The minimum Gasteiger partial charge on any atom is -0.347 e. The molecule has 0 unspecified atom stereocenters. The van der Waals surface area contributed by atoms with Crippen LogP contribution < -0.4 is 5.32 Å². The summed E-state index contributed by atoms with van der Waals surface area (Å²) in [4.78, 5) is 12.2. The van der Waals surface area contributed by atoms with Gasteiger partial charge in [0.25, 0.3) is 0 Å². The van der Waals surface area contributed by atoms with Crippen molar-refractivity contribution in [3.05, 3.63) is 65.9 Å². The van der Waals surface area contributed by atoms with Gasteiger partial charge in [-0.25, -0.2) is 0 Å². The highest BCUT2D eigenvalue weighted by atomic mass is 16.1. The summed E-state index contributed by atoms with van der Waals surface area (Å²) in [5.74, 6) is 0.0701. The Kier molecular flexibility index (Phi) is 3.62. The van der Waals surface area contributed by atoms with Gasteiger partial charge in [-0.2, -0.15) is 0 Å². The zero-order valence-electron chi connectivity index (χ0n) is 13.1. The smallest absolute Gasteiger partial charge is 0.226 e. The number of nitrogens with zero attached hydrogens (tertiary/aromatic N) is 1. The van der Waals surface area contributed by atoms with Crippen LogP contribution in [0.15, 0.2) is 54.7 Å². The second kappa shape index (κ2) is 5.92. The summed E-state index contributed by atoms with van der Waals surface area (Å²) in [5, 5.41) is 4.24. The lowest BCUT2D eigenvalue weighted by atomic mass is 10.1. The summed E-state index contributed by atoms with van der Waals surface area (Å²) < 4.78 is 2.14. The normalized spacial score (nSPS) is 13.2. The van der Waals surface area contributed by atoms with Gasteiger partial charge in [0.1, 0.15) is 0 Å². The fourth-order valence-electron chi connectivity index (χ4n) is 3.43. The van der Waals surface area contributed by atoms with Crippen molar-refractivity contribution in [3.63, 3.8) is 0 Å². The van der Waals surface area contributed by atoms with Crippen LogP contribution in [-0.2, 0) is 24.2 Å². The van der Waals surface area contributed by atoms with Gasteiger partial charge in [0.05, 0.1) is 0 Å². The standard InChI is InChI=1S/C20H20N2O/c23-20(21-18-9-8-15-5-3-6-17(15)14-18)11-13-22-12-10-16-4-1-2-7-19(16)22/h1-2,4,7-10,12,14H,3,5-6,11,13H2,(H,21,23). The van der Waals surface area contributed by atoms with Crippen molar-refractivity contribution in [2.75, 3.05) is 5.32 Å². The summed E-state index contributed by atoms with van der Waals surface area (Å²) in [6.07, 6.45) is 6.06. The summed E-state index contributed by atoms with van der Waals surface area (Å²) in [5.41, 5.74) is 4.92. The molecule has 2 aromatic carbocycles. The molecule has 4 rings (SSSR count). The predicted octanol–water partition coefficient (Wildman–Crippen LogP) is 4.16. The molecule has 1 heterocycles. The van der Waals surface area contributed by atoms with E-state index in [0.29, 0.717) is 13.0 Å². The molecule has 1 amide bonds. The molecule has 3 nitrogen and oxygen atoms in total. The summed E-state index contributed by atoms with van der Waals surface area (Å²) in [6.45, 7) is 0.699. The van der Waals surface area contributed by atoms with Gasteiger partial charge in [-0.1, -0.05) is 24.3 Å². The Hall–Kier alpha value is -2.55. The number of amides is 1. The van der Waals surface area contributed by atoms with Gasteiger partial charge in [0, 0.05) is 30.4 Å². The molecule has 3 heteroatoms. The van der Waals surface area contributed by atoms with Crippen molar-refractivity contribution in [1.82, 2.24) is 4.57 Å². The lowest BCUT2D eigenvalue weighted by Crippen LogP contribution is -2.14. The molecule has 0 saturated carbocycles. The van der Waals surface area contributed by atoms with Gasteiger partial charge in [-0.15, -0.1) is 0 Å². The molecule has 23 heavy (non-hydrogen) atoms. The first-order valence-electron chi connectivity index (χ1n) is 8.25. The molecule has 0 fully saturated rings. The van der Waals surface area contributed by atoms with E-state index >= 15 is 0 Å². The summed E-state index contributed by atoms with van der Waals surface area (Å²) in [6, 6.07) is 16.6. The Morgan fingerprint density at radius 1 is 1.04 bits per heavy atom. The van der Waals surface area contributed by atoms with E-state index in [2.05, 4.69) is 40.2 Å². The van der Waals surface area contributed by atoms with E-state index in [1.807, 2.05) is 24.4 Å². The van der Waals surface area contributed by atoms with Gasteiger partial charge >= 0.3 is 0 Å². The monoisotopic (exact) mass is 304 g/mol. The third-order valence-corrected chi connectivity index (χ3v) is 4.64. The maximum Gasteiger partial charge on any atom is 0.226 e. The van der Waals surface area contributed by atoms with Crippen LogP contribution in [0, 0.1) is 0 Å². The van der Waals surface area contributed by atoms with Crippen molar-refractivity contribution in [2.45, 2.75) is 32.2 Å². The molecule has 0 aliphatic heterocycles. The van der Waals surface area contributed by atoms with Crippen molar-refractivity contribution in [3.8, 4) is 0 Å². The fraction of sp³-hybridized carbons (Fsp3) is 0.250. The molecule has 116 valence electrons. The Balaban J connectivity index is 1.40. The quantitative estimate of drug-likeness (QED) is 0.771. The highest BCUT2D eigenvalue weighted by Gasteiger charge is 2.12. The summed E-state index contributed by atoms with van der Waals surface area (Å²) >= 11 is 0. The highest BCUT2D eigenvalue weighted by Crippen LogP contribution is 2.25. The van der Waals surface area contributed by atoms with Crippen molar-refractivity contribution >= 4 is 22.5 Å². The fourth-order valence-corrected chi connectivity index (χ4v) is 3.43. The Morgan fingerprint density at radius 3 is 2.87 bits per heavy atom. The molecule has 1 N–H and O–H groups in total. The van der Waals surface area contributed by atoms with Gasteiger partial charge in [0.2, 0.25) is 5.91 Å². The molecule has 1 aliphatic carbocycles. The number of hydrogen-bond donors (Lipinski definition) is 1. The van der Waals surface area contributed by atoms with Crippen molar-refractivity contribution in [2.24, 2.45) is 0 Å². The number of para-hydroxylation sites is 1. The molecule has 1 aromatic heterocycles. The van der Waals surface area contributed by atoms with Crippen LogP contribution in [0.25, 0.3) is 10.9 Å². The van der Waals surface area contributed by atoms with Gasteiger partial charge in [0.15, 0.2) is 0 Å². The number of aryl methyl sites for hydroxylation is 3. The maximum atomic E-state index is 12.2. The van der Waals surface area contributed by atoms with Crippen LogP contribution in [0.1, 0.15) is 24.0 Å². The van der Waals surface area contributed by atoms with E-state index in [9.17, 15) is 4.79 Å². The van der Waals surface area contributed by atoms with Gasteiger partial charge < -0.3 is 9.88 Å². The Bertz CT molecular complexity index is 863. The predicted molar refractivity (Wildman–Crippen MR) is 93.7 cm³/mol. The Labute approximate surface area is 135 Å². The highest BCUT2D eigenvalue weighted by molar-refractivity contribution is 5.91. The minimum absolute atomic E-state index is 0.0701. The number of benzene rings is 2. The topological polar surface area (TPSA) is 34.0 Å². The molecule has 0 bridgehead atoms. The maximum absolute atomic E-state index is 12.2. The lowest BCUT2D eigenvalue weighted by molar-refractivity contribution is -0.116. The van der Waals surface area contributed by atoms with Crippen LogP contribution in [0.5, 0.6) is 0 Å². The molecular formula is C20H20N2O. The number of carbonyl (C=O) groups excluding carboxylic acids is 1. The molecule has 1 aliphatic rings. The molecule has 0 radical (unpaired) electrons. The molecular weight excluding hydrogens is 284 g/mol. The van der Waals surface area contributed by atoms with E-state index in [1.54, 1.807) is 0 Å². The number of carbonyl (C=O) groups is 1. The van der Waals surface area contributed by atoms with Crippen molar-refractivity contribution in [1.29, 1.82) is 0 Å². The number of nitrogens with one attached hydrogen (secondary N) is 1. The number of rotatable bonds is 4. The minimum atomic E-state index is 0.0701. The second-order valence-corrected chi connectivity index (χ2v) is 6.20. The molecule has 3 aromatic rings. The van der Waals surface area contributed by atoms with Crippen LogP contribution in [-0.4, -0.2) is 10.5 Å². The van der Waals surface area contributed by atoms with E-state index in [1.165, 1.54) is 34.9 Å². The lowest BCUT2D eigenvalue weighted by Gasteiger charge is -2.09. The largest absolute Gasteiger partial charge is 0.347 e. The summed E-state index contributed by atoms with van der Waals surface area (Å²) in [7, 11) is 0. The van der Waals surface area contributed by atoms with Crippen LogP contribution in [0.2, 0.25) is 0 Å². The third kappa shape index (κ3) is 2.87. The van der Waals surface area contributed by atoms with Gasteiger partial charge in [-0.3, -0.25) is 4.79 Å². The number of fused-ring (bicyclic) bond motifs is 2. The molecule has 0 spiro atoms. The molecule has 0 atom stereocenters. The average Bonchev–Trinajstić information content (AvgIpc) is 3.19. The number of anilines is 1. The number of aromatic nitrogens is 1. The Morgan fingerprint density at radius 2 is 1.91 bits per heavy atom. The zero-order chi connectivity index (χ0) is 15.6. The third-order valence-electron chi connectivity index (χ3n) is 4.64. The first-order chi connectivity index (χ1) is 11.3. The number of hydrogen-bond acceptors (Lipinski definition) is 1. The van der Waals surface area contributed by atoms with E-state index in [-0.39, 0.29) is 5.91 Å². The van der Waals surface area contributed by atoms with E-state index in [4.69, 9.17) is 0 Å². The van der Waals surface area contributed by atoms with Crippen molar-refractivity contribution < 1.29 is 4.79 Å². The first kappa shape index (κ1) is 14.1. The molecule has 0 saturated heterocycles. The average molecular weight is 304 g/mol. The first-order valence-corrected chi connectivity index (χ1v) is 8.25. The van der Waals surface area contributed by atoms with Crippen LogP contribution in [0.4, 0.5) is 5.69 Å². The zero-order valence-corrected chi connectivity index (χ0v) is 13.1. The van der Waals surface area contributed by atoms with Crippen LogP contribution >= 0.6 is 0 Å². The van der Waals surface area contributed by atoms with E-state index in [0.717, 1.165) is 12.1 Å². The van der Waals surface area contributed by atoms with E-state index < -0.39 is 0 Å². The second-order valence-electron chi connectivity index (χ2n) is 6.20. The SMILES string of the molecule is O=C(CCn1ccc2ccccc21)Nc1ccc2c(c1)CCC2. The van der Waals surface area contributed by atoms with Crippen LogP contribution in [0.3, 0.4) is 0 Å². The van der Waals surface area contributed by atoms with Gasteiger partial charge in [-0.05, 0) is 60.0 Å².